The molecule has 11 heterocycles. The molecule has 0 atom stereocenters. The number of aromatic nitrogens is 11. The number of nitrogens with zero attached hydrogens (tertiary/aromatic N) is 14. The zero-order valence-electron chi connectivity index (χ0n) is 54.1. The third kappa shape index (κ3) is 43.2. The molecule has 11 aromatic heterocycles. The van der Waals surface area contributed by atoms with Gasteiger partial charge >= 0.3 is 0 Å². The Kier molecular flexibility index (Phi) is 48.9. The molecule has 11 aromatic rings. The number of aryl methyl sites for hydroxylation is 14. The van der Waals surface area contributed by atoms with Crippen LogP contribution >= 0.6 is 34.8 Å². The Morgan fingerprint density at radius 3 is 1.06 bits per heavy atom. The Hall–Kier alpha value is -10.3. The average Bonchev–Trinajstić information content (AvgIpc) is 1.48. The van der Waals surface area contributed by atoms with E-state index in [-0.39, 0.29) is 39.3 Å². The summed E-state index contributed by atoms with van der Waals surface area (Å²) in [6.45, 7) is 27.1. The van der Waals surface area contributed by atoms with Crippen LogP contribution < -0.4 is 0 Å². The standard InChI is InChI=1S/3C7H9N.3C6H6ClN.3C6H6N2O2.2C6H7N.3CH4/c1-6-3-4-8-5-7(6)2;1-6-3-4-7(2)8-5-6;1-6-4-3-5-8-7(6)2;1-5-2-3-8-4-6(5)7;1-5-2-3-6(7)4-8-5;1-5-6(7)3-2-4-8-5;1-5-2-3-7-4-6(5)8(9)10;1-5-2-3-6(4-7-5)8(9)10;1-5-6(8(9)10)3-2-4-7-5;1-6-2-4-7-5-3-6;1-6-4-2-3-5-7-6;;;/h3*3-5H,1-2H3;3*2-4H,1H3;3*2-4H,1H3;2*2-5H,1H3;3*1H4. The van der Waals surface area contributed by atoms with Gasteiger partial charge in [-0.25, -0.2) is 0 Å². The van der Waals surface area contributed by atoms with E-state index < -0.39 is 14.8 Å². The molecule has 95 heavy (non-hydrogen) atoms. The number of pyridine rings is 11. The lowest BCUT2D eigenvalue weighted by atomic mass is 10.2. The van der Waals surface area contributed by atoms with Gasteiger partial charge in [0.05, 0.1) is 35.5 Å². The smallest absolute Gasteiger partial charge is 0.265 e. The maximum Gasteiger partial charge on any atom is 0.290 e. The number of hydrogen-bond donors (Lipinski definition) is 0. The maximum atomic E-state index is 10.2. The van der Waals surface area contributed by atoms with Crippen LogP contribution in [0, 0.1) is 127 Å². The Bertz CT molecular complexity index is 3410. The van der Waals surface area contributed by atoms with Crippen molar-refractivity contribution in [2.45, 2.75) is 119 Å². The second-order valence-corrected chi connectivity index (χ2v) is 20.6. The summed E-state index contributed by atoms with van der Waals surface area (Å²) in [5.41, 5.74) is 14.6. The number of hydrogen-bond acceptors (Lipinski definition) is 17. The van der Waals surface area contributed by atoms with E-state index in [1.54, 1.807) is 82.3 Å². The third-order valence-electron chi connectivity index (χ3n) is 11.6. The molecule has 0 fully saturated rings. The lowest BCUT2D eigenvalue weighted by molar-refractivity contribution is -0.385. The third-order valence-corrected chi connectivity index (χ3v) is 12.6. The lowest BCUT2D eigenvalue weighted by Gasteiger charge is -1.92. The minimum atomic E-state index is -0.466. The summed E-state index contributed by atoms with van der Waals surface area (Å²) in [6, 6.07) is 36.7. The average molecular weight is 1350 g/mol. The molecule has 0 N–H and O–H groups in total. The van der Waals surface area contributed by atoms with Crippen LogP contribution in [0.15, 0.2) is 214 Å². The molecule has 20 nitrogen and oxygen atoms in total. The summed E-state index contributed by atoms with van der Waals surface area (Å²) in [4.78, 5) is 71.9. The Labute approximate surface area is 576 Å². The van der Waals surface area contributed by atoms with Crippen molar-refractivity contribution in [2.75, 3.05) is 0 Å². The molecule has 0 aliphatic heterocycles. The van der Waals surface area contributed by atoms with Crippen LogP contribution in [0.5, 0.6) is 0 Å². The van der Waals surface area contributed by atoms with Crippen molar-refractivity contribution in [2.24, 2.45) is 0 Å². The van der Waals surface area contributed by atoms with Gasteiger partial charge in [-0.2, -0.15) is 0 Å². The van der Waals surface area contributed by atoms with Crippen LogP contribution in [0.2, 0.25) is 15.1 Å². The largest absolute Gasteiger partial charge is 0.290 e. The summed E-state index contributed by atoms with van der Waals surface area (Å²) in [5, 5.41) is 32.6. The van der Waals surface area contributed by atoms with Gasteiger partial charge in [0.1, 0.15) is 18.1 Å². The van der Waals surface area contributed by atoms with Crippen LogP contribution in [0.1, 0.15) is 101 Å². The highest BCUT2D eigenvalue weighted by Gasteiger charge is 2.09. The molecule has 0 radical (unpaired) electrons. The second kappa shape index (κ2) is 52.2. The molecule has 0 bridgehead atoms. The molecular weight excluding hydrogens is 1260 g/mol. The van der Waals surface area contributed by atoms with Crippen LogP contribution in [0.3, 0.4) is 0 Å². The molecule has 0 aromatic carbocycles. The van der Waals surface area contributed by atoms with Gasteiger partial charge in [-0.05, 0) is 221 Å². The molecule has 0 unspecified atom stereocenters. The summed E-state index contributed by atoms with van der Waals surface area (Å²) in [7, 11) is 0. The minimum Gasteiger partial charge on any atom is -0.265 e. The van der Waals surface area contributed by atoms with Crippen molar-refractivity contribution in [1.29, 1.82) is 0 Å². The fourth-order valence-corrected chi connectivity index (χ4v) is 6.12. The van der Waals surface area contributed by atoms with Crippen molar-refractivity contribution in [3.8, 4) is 0 Å². The summed E-state index contributed by atoms with van der Waals surface area (Å²) >= 11 is 16.8. The van der Waals surface area contributed by atoms with E-state index in [1.807, 2.05) is 159 Å². The number of rotatable bonds is 3. The Morgan fingerprint density at radius 1 is 0.295 bits per heavy atom. The van der Waals surface area contributed by atoms with E-state index in [2.05, 4.69) is 87.7 Å². The SMILES string of the molecule is C.C.C.Cc1ccc(C)nc1.Cc1ccc(Cl)cn1.Cc1ccc([N+](=O)[O-])cn1.Cc1ccccn1.Cc1cccnc1C.Cc1ccncc1.Cc1ccncc1C.Cc1ccncc1Cl.Cc1ccncc1[N+](=O)[O-].Cc1ncccc1Cl.Cc1ncccc1[N+](=O)[O-]. The van der Waals surface area contributed by atoms with Gasteiger partial charge in [-0.3, -0.25) is 85.2 Å². The zero-order valence-corrected chi connectivity index (χ0v) is 56.3. The summed E-state index contributed by atoms with van der Waals surface area (Å²) in [6.07, 6.45) is 25.0. The highest BCUT2D eigenvalue weighted by atomic mass is 35.5. The molecule has 0 saturated carbocycles. The van der Waals surface area contributed by atoms with Gasteiger partial charge in [0.15, 0.2) is 0 Å². The highest BCUT2D eigenvalue weighted by Crippen LogP contribution is 2.15. The van der Waals surface area contributed by atoms with Gasteiger partial charge in [0.25, 0.3) is 17.1 Å². The first-order chi connectivity index (χ1) is 43.7. The van der Waals surface area contributed by atoms with E-state index in [0.29, 0.717) is 16.3 Å². The minimum absolute atomic E-state index is 0. The van der Waals surface area contributed by atoms with Crippen LogP contribution in [0.25, 0.3) is 0 Å². The van der Waals surface area contributed by atoms with Crippen LogP contribution in [-0.4, -0.2) is 69.6 Å². The number of nitro groups is 3. The van der Waals surface area contributed by atoms with Crippen molar-refractivity contribution < 1.29 is 14.8 Å². The van der Waals surface area contributed by atoms with Crippen molar-refractivity contribution >= 4 is 51.9 Å². The van der Waals surface area contributed by atoms with E-state index in [4.69, 9.17) is 34.8 Å². The van der Waals surface area contributed by atoms with Gasteiger partial charge in [-0.1, -0.05) is 75.3 Å². The molecule has 23 heteroatoms. The fraction of sp³-hybridized carbons (Fsp3) is 0.236. The monoisotopic (exact) mass is 1350 g/mol. The van der Waals surface area contributed by atoms with Gasteiger partial charge in [0.2, 0.25) is 0 Å². The molecule has 0 saturated heterocycles. The molecule has 0 aliphatic rings. The quantitative estimate of drug-likeness (QED) is 0.117. The predicted octanol–water partition coefficient (Wildman–Crippen LogP) is 19.8. The highest BCUT2D eigenvalue weighted by molar-refractivity contribution is 6.31. The first kappa shape index (κ1) is 88.9. The Balaban J connectivity index is -0.000000979. The first-order valence-corrected chi connectivity index (χ1v) is 29.1. The zero-order chi connectivity index (χ0) is 68.8. The first-order valence-electron chi connectivity index (χ1n) is 28.0. The van der Waals surface area contributed by atoms with Crippen molar-refractivity contribution in [3.63, 3.8) is 0 Å². The summed E-state index contributed by atoms with van der Waals surface area (Å²) < 4.78 is 0. The molecule has 11 rings (SSSR count). The van der Waals surface area contributed by atoms with Gasteiger partial charge in [-0.15, -0.1) is 0 Å². The topological polar surface area (TPSA) is 271 Å². The predicted molar refractivity (Wildman–Crippen MR) is 388 cm³/mol. The lowest BCUT2D eigenvalue weighted by Crippen LogP contribution is -1.92. The van der Waals surface area contributed by atoms with E-state index in [0.717, 1.165) is 49.8 Å². The normalized spacial score (nSPS) is 8.89. The van der Waals surface area contributed by atoms with E-state index in [9.17, 15) is 30.3 Å². The molecule has 0 aliphatic carbocycles. The molecule has 0 spiro atoms. The van der Waals surface area contributed by atoms with Crippen LogP contribution in [0.4, 0.5) is 17.1 Å². The summed E-state index contributed by atoms with van der Waals surface area (Å²) in [5.74, 6) is 0. The molecule has 0 amide bonds. The van der Waals surface area contributed by atoms with E-state index >= 15 is 0 Å². The number of halogens is 3. The maximum absolute atomic E-state index is 10.2. The van der Waals surface area contributed by atoms with Crippen molar-refractivity contribution in [3.05, 3.63) is 338 Å². The second-order valence-electron chi connectivity index (χ2n) is 19.4. The fourth-order valence-electron chi connectivity index (χ4n) is 5.77. The van der Waals surface area contributed by atoms with Gasteiger partial charge in [0, 0.05) is 127 Å². The molecule has 504 valence electrons. The Morgan fingerprint density at radius 2 is 0.768 bits per heavy atom. The van der Waals surface area contributed by atoms with Crippen molar-refractivity contribution in [1.82, 2.24) is 54.8 Å². The van der Waals surface area contributed by atoms with Crippen LogP contribution in [-0.2, 0) is 0 Å². The van der Waals surface area contributed by atoms with E-state index in [1.165, 1.54) is 64.7 Å². The van der Waals surface area contributed by atoms with Gasteiger partial charge < -0.3 is 0 Å². The molecular formula is C72H89Cl3N14O6.